The molecule has 8 heteroatoms. The number of nitrogens with one attached hydrogen (secondary N) is 1. The zero-order valence-electron chi connectivity index (χ0n) is 16.2. The molecule has 0 saturated carbocycles. The number of rotatable bonds is 6. The average molecular weight is 413 g/mol. The Labute approximate surface area is 173 Å². The number of carbonyl (C=O) groups excluding carboxylic acids is 1. The number of benzene rings is 2. The van der Waals surface area contributed by atoms with Crippen LogP contribution in [0.4, 0.5) is 11.5 Å². The van der Waals surface area contributed by atoms with Crippen LogP contribution in [0.3, 0.4) is 0 Å². The van der Waals surface area contributed by atoms with E-state index in [-0.39, 0.29) is 16.7 Å². The number of primary amides is 1. The molecule has 29 heavy (non-hydrogen) atoms. The van der Waals surface area contributed by atoms with Gasteiger partial charge in [0.1, 0.15) is 17.1 Å². The molecule has 2 aromatic carbocycles. The number of anilines is 2. The Bertz CT molecular complexity index is 1050. The molecule has 0 aliphatic heterocycles. The van der Waals surface area contributed by atoms with Crippen molar-refractivity contribution in [3.05, 3.63) is 65.1 Å². The summed E-state index contributed by atoms with van der Waals surface area (Å²) in [6, 6.07) is 13.4. The third kappa shape index (κ3) is 4.47. The standard InChI is InChI=1S/C21H21ClN4O3/c1-21(2,28)15-9-13(12-7-5-4-6-8-12)10-16(17(15)29-3)25-19-14(18(23)27)11-24-20(22)26-19/h4-11,28H,1-3H3,(H2,23,27)(H,24,25,26). The molecule has 0 fully saturated rings. The van der Waals surface area contributed by atoms with Crippen molar-refractivity contribution in [2.24, 2.45) is 5.73 Å². The van der Waals surface area contributed by atoms with Crippen molar-refractivity contribution in [2.75, 3.05) is 12.4 Å². The number of ether oxygens (including phenoxy) is 1. The number of hydrogen-bond acceptors (Lipinski definition) is 6. The first kappa shape index (κ1) is 20.6. The first-order valence-corrected chi connectivity index (χ1v) is 9.18. The van der Waals surface area contributed by atoms with Crippen LogP contribution in [0.5, 0.6) is 5.75 Å². The molecule has 0 unspecified atom stereocenters. The predicted octanol–water partition coefficient (Wildman–Crippen LogP) is 3.88. The minimum atomic E-state index is -1.19. The Morgan fingerprint density at radius 2 is 1.90 bits per heavy atom. The lowest BCUT2D eigenvalue weighted by Gasteiger charge is -2.25. The second-order valence-corrected chi connectivity index (χ2v) is 7.26. The lowest BCUT2D eigenvalue weighted by atomic mass is 9.92. The summed E-state index contributed by atoms with van der Waals surface area (Å²) in [4.78, 5) is 19.7. The zero-order chi connectivity index (χ0) is 21.2. The molecule has 0 atom stereocenters. The van der Waals surface area contributed by atoms with E-state index in [4.69, 9.17) is 22.1 Å². The number of nitrogens with zero attached hydrogens (tertiary/aromatic N) is 2. The minimum absolute atomic E-state index is 0.0432. The molecule has 0 saturated heterocycles. The Hall–Kier alpha value is -3.16. The monoisotopic (exact) mass is 412 g/mol. The molecule has 1 amide bonds. The zero-order valence-corrected chi connectivity index (χ0v) is 17.0. The fourth-order valence-electron chi connectivity index (χ4n) is 2.96. The number of hydrogen-bond donors (Lipinski definition) is 3. The topological polar surface area (TPSA) is 110 Å². The number of aliphatic hydroxyl groups is 1. The highest BCUT2D eigenvalue weighted by Gasteiger charge is 2.25. The van der Waals surface area contributed by atoms with Crippen molar-refractivity contribution >= 4 is 29.0 Å². The second-order valence-electron chi connectivity index (χ2n) is 6.92. The van der Waals surface area contributed by atoms with E-state index in [1.807, 2.05) is 42.5 Å². The van der Waals surface area contributed by atoms with Gasteiger partial charge in [0.05, 0.1) is 18.4 Å². The van der Waals surface area contributed by atoms with E-state index in [0.29, 0.717) is 17.0 Å². The van der Waals surface area contributed by atoms with Gasteiger partial charge in [-0.1, -0.05) is 30.3 Å². The van der Waals surface area contributed by atoms with Crippen LogP contribution in [0.2, 0.25) is 5.28 Å². The predicted molar refractivity (Wildman–Crippen MR) is 113 cm³/mol. The van der Waals surface area contributed by atoms with Crippen LogP contribution in [-0.2, 0) is 5.60 Å². The Balaban J connectivity index is 2.23. The lowest BCUT2D eigenvalue weighted by Crippen LogP contribution is -2.18. The molecule has 0 aliphatic rings. The van der Waals surface area contributed by atoms with Crippen molar-refractivity contribution in [1.29, 1.82) is 0 Å². The van der Waals surface area contributed by atoms with Crippen molar-refractivity contribution in [3.63, 3.8) is 0 Å². The fourth-order valence-corrected chi connectivity index (χ4v) is 3.09. The summed E-state index contributed by atoms with van der Waals surface area (Å²) in [5, 5.41) is 13.7. The third-order valence-electron chi connectivity index (χ3n) is 4.34. The quantitative estimate of drug-likeness (QED) is 0.530. The number of carbonyl (C=O) groups is 1. The van der Waals surface area contributed by atoms with Crippen LogP contribution in [0.15, 0.2) is 48.7 Å². The van der Waals surface area contributed by atoms with E-state index < -0.39 is 11.5 Å². The number of halogens is 1. The van der Waals surface area contributed by atoms with Gasteiger partial charge in [0.25, 0.3) is 5.91 Å². The number of methoxy groups -OCH3 is 1. The van der Waals surface area contributed by atoms with Gasteiger partial charge >= 0.3 is 0 Å². The SMILES string of the molecule is COc1c(Nc2nc(Cl)ncc2C(N)=O)cc(-c2ccccc2)cc1C(C)(C)O. The van der Waals surface area contributed by atoms with Gasteiger partial charge in [0.15, 0.2) is 0 Å². The molecule has 0 spiro atoms. The largest absolute Gasteiger partial charge is 0.494 e. The highest BCUT2D eigenvalue weighted by Crippen LogP contribution is 2.41. The smallest absolute Gasteiger partial charge is 0.254 e. The van der Waals surface area contributed by atoms with Crippen molar-refractivity contribution < 1.29 is 14.6 Å². The Morgan fingerprint density at radius 3 is 2.48 bits per heavy atom. The summed E-state index contributed by atoms with van der Waals surface area (Å²) in [5.74, 6) is -0.157. The van der Waals surface area contributed by atoms with Gasteiger partial charge in [-0.25, -0.2) is 4.98 Å². The molecule has 0 aliphatic carbocycles. The van der Waals surface area contributed by atoms with Gasteiger partial charge in [-0.05, 0) is 48.7 Å². The first-order chi connectivity index (χ1) is 13.7. The molecule has 0 radical (unpaired) electrons. The Kier molecular flexibility index (Phi) is 5.72. The molecule has 3 aromatic rings. The minimum Gasteiger partial charge on any atom is -0.494 e. The van der Waals surface area contributed by atoms with Crippen LogP contribution in [0, 0.1) is 0 Å². The normalized spacial score (nSPS) is 11.2. The maximum absolute atomic E-state index is 11.8. The van der Waals surface area contributed by atoms with Gasteiger partial charge in [-0.3, -0.25) is 4.79 Å². The highest BCUT2D eigenvalue weighted by atomic mass is 35.5. The molecule has 4 N–H and O–H groups in total. The van der Waals surface area contributed by atoms with Crippen molar-refractivity contribution in [1.82, 2.24) is 9.97 Å². The van der Waals surface area contributed by atoms with Crippen LogP contribution in [0.25, 0.3) is 11.1 Å². The van der Waals surface area contributed by atoms with Crippen LogP contribution < -0.4 is 15.8 Å². The summed E-state index contributed by atoms with van der Waals surface area (Å²) in [5.41, 5.74) is 7.15. The highest BCUT2D eigenvalue weighted by molar-refractivity contribution is 6.28. The van der Waals surface area contributed by atoms with Crippen LogP contribution >= 0.6 is 11.6 Å². The summed E-state index contributed by atoms with van der Waals surface area (Å²) in [7, 11) is 1.50. The molecule has 1 heterocycles. The lowest BCUT2D eigenvalue weighted by molar-refractivity contribution is 0.0758. The van der Waals surface area contributed by atoms with Gasteiger partial charge in [0, 0.05) is 11.8 Å². The number of nitrogens with two attached hydrogens (primary N) is 1. The molecule has 1 aromatic heterocycles. The van der Waals surface area contributed by atoms with E-state index in [1.165, 1.54) is 13.3 Å². The number of amides is 1. The van der Waals surface area contributed by atoms with Gasteiger partial charge in [-0.15, -0.1) is 0 Å². The summed E-state index contributed by atoms with van der Waals surface area (Å²) < 4.78 is 5.58. The molecular formula is C21H21ClN4O3. The molecule has 0 bridgehead atoms. The van der Waals surface area contributed by atoms with E-state index in [9.17, 15) is 9.90 Å². The Morgan fingerprint density at radius 1 is 1.21 bits per heavy atom. The van der Waals surface area contributed by atoms with Gasteiger partial charge in [-0.2, -0.15) is 4.98 Å². The fraction of sp³-hybridized carbons (Fsp3) is 0.190. The molecule has 150 valence electrons. The van der Waals surface area contributed by atoms with Crippen LogP contribution in [-0.4, -0.2) is 28.1 Å². The second kappa shape index (κ2) is 8.06. The number of aromatic nitrogens is 2. The summed E-state index contributed by atoms with van der Waals surface area (Å²) >= 11 is 5.91. The maximum Gasteiger partial charge on any atom is 0.254 e. The summed E-state index contributed by atoms with van der Waals surface area (Å²) in [6.45, 7) is 3.33. The van der Waals surface area contributed by atoms with Gasteiger partial charge in [0.2, 0.25) is 5.28 Å². The van der Waals surface area contributed by atoms with Crippen molar-refractivity contribution in [3.8, 4) is 16.9 Å². The van der Waals surface area contributed by atoms with E-state index >= 15 is 0 Å². The van der Waals surface area contributed by atoms with E-state index in [0.717, 1.165) is 11.1 Å². The molecular weight excluding hydrogens is 392 g/mol. The first-order valence-electron chi connectivity index (χ1n) is 8.80. The van der Waals surface area contributed by atoms with E-state index in [2.05, 4.69) is 15.3 Å². The third-order valence-corrected chi connectivity index (χ3v) is 4.52. The molecule has 3 rings (SSSR count). The van der Waals surface area contributed by atoms with Crippen LogP contribution in [0.1, 0.15) is 29.8 Å². The molecule has 7 nitrogen and oxygen atoms in total. The summed E-state index contributed by atoms with van der Waals surface area (Å²) in [6.07, 6.45) is 1.25. The van der Waals surface area contributed by atoms with E-state index in [1.54, 1.807) is 13.8 Å². The maximum atomic E-state index is 11.8. The van der Waals surface area contributed by atoms with Gasteiger partial charge < -0.3 is 20.9 Å². The van der Waals surface area contributed by atoms with Crippen molar-refractivity contribution in [2.45, 2.75) is 19.4 Å². The average Bonchev–Trinajstić information content (AvgIpc) is 2.67.